The maximum Gasteiger partial charge on any atom is 0.257 e. The van der Waals surface area contributed by atoms with Crippen LogP contribution in [-0.4, -0.2) is 30.8 Å². The molecule has 4 N–H and O–H groups in total. The monoisotopic (exact) mass is 276 g/mol. The van der Waals surface area contributed by atoms with E-state index < -0.39 is 0 Å². The van der Waals surface area contributed by atoms with Crippen molar-refractivity contribution >= 4 is 11.9 Å². The van der Waals surface area contributed by atoms with E-state index in [0.717, 1.165) is 6.42 Å². The van der Waals surface area contributed by atoms with Gasteiger partial charge in [-0.2, -0.15) is 20.1 Å². The molecule has 0 saturated heterocycles. The number of hydrogen-bond acceptors (Lipinski definition) is 7. The summed E-state index contributed by atoms with van der Waals surface area (Å²) in [6.07, 6.45) is 4.50. The van der Waals surface area contributed by atoms with Gasteiger partial charge in [0.05, 0.1) is 0 Å². The zero-order chi connectivity index (χ0) is 14.5. The standard InChI is InChI=1S/C12H20N8/c1-4-8(2)9(3)15-10-16-11(19-13)18-12(17-10)20-7-5-6-14-20/h5-9H,4,13H2,1-3H3,(H2,15,16,17,18,19). The first-order valence-corrected chi connectivity index (χ1v) is 6.63. The average molecular weight is 276 g/mol. The molecule has 2 atom stereocenters. The molecule has 0 aliphatic rings. The lowest BCUT2D eigenvalue weighted by Gasteiger charge is -2.20. The molecule has 2 heterocycles. The van der Waals surface area contributed by atoms with Crippen LogP contribution in [0.1, 0.15) is 27.2 Å². The highest BCUT2D eigenvalue weighted by molar-refractivity contribution is 5.37. The molecule has 0 amide bonds. The van der Waals surface area contributed by atoms with Crippen LogP contribution in [0.3, 0.4) is 0 Å². The van der Waals surface area contributed by atoms with Crippen molar-refractivity contribution in [3.63, 3.8) is 0 Å². The van der Waals surface area contributed by atoms with E-state index in [1.54, 1.807) is 23.1 Å². The molecule has 0 aromatic carbocycles. The SMILES string of the molecule is CCC(C)C(C)Nc1nc(NN)nc(-n2cccn2)n1. The minimum atomic E-state index is 0.249. The number of hydrazine groups is 1. The Balaban J connectivity index is 2.27. The van der Waals surface area contributed by atoms with E-state index in [4.69, 9.17) is 5.84 Å². The second-order valence-electron chi connectivity index (χ2n) is 4.70. The van der Waals surface area contributed by atoms with Crippen molar-refractivity contribution in [1.82, 2.24) is 24.7 Å². The summed E-state index contributed by atoms with van der Waals surface area (Å²) in [5.74, 6) is 7.09. The summed E-state index contributed by atoms with van der Waals surface area (Å²) in [5, 5.41) is 7.37. The Morgan fingerprint density at radius 2 is 2.00 bits per heavy atom. The van der Waals surface area contributed by atoms with Crippen LogP contribution in [-0.2, 0) is 0 Å². The molecule has 2 aromatic rings. The number of hydrogen-bond donors (Lipinski definition) is 3. The van der Waals surface area contributed by atoms with E-state index in [-0.39, 0.29) is 6.04 Å². The minimum absolute atomic E-state index is 0.249. The number of anilines is 2. The summed E-state index contributed by atoms with van der Waals surface area (Å²) in [6.45, 7) is 6.43. The van der Waals surface area contributed by atoms with Gasteiger partial charge in [-0.25, -0.2) is 10.5 Å². The molecule has 20 heavy (non-hydrogen) atoms. The Labute approximate surface area is 117 Å². The smallest absolute Gasteiger partial charge is 0.257 e. The molecule has 0 aliphatic heterocycles. The Morgan fingerprint density at radius 3 is 2.60 bits per heavy atom. The van der Waals surface area contributed by atoms with Gasteiger partial charge in [-0.05, 0) is 18.9 Å². The number of aromatic nitrogens is 5. The van der Waals surface area contributed by atoms with Gasteiger partial charge in [0.25, 0.3) is 5.95 Å². The first-order chi connectivity index (χ1) is 9.63. The summed E-state index contributed by atoms with van der Waals surface area (Å²) < 4.78 is 1.56. The first-order valence-electron chi connectivity index (χ1n) is 6.63. The average Bonchev–Trinajstić information content (AvgIpc) is 3.00. The van der Waals surface area contributed by atoms with Crippen LogP contribution >= 0.6 is 0 Å². The van der Waals surface area contributed by atoms with Gasteiger partial charge in [0.1, 0.15) is 0 Å². The molecule has 0 aliphatic carbocycles. The Hall–Kier alpha value is -2.22. The third kappa shape index (κ3) is 3.21. The molecule has 8 heteroatoms. The number of nitrogens with zero attached hydrogens (tertiary/aromatic N) is 5. The second kappa shape index (κ2) is 6.29. The molecular weight excluding hydrogens is 256 g/mol. The lowest BCUT2D eigenvalue weighted by atomic mass is 10.0. The summed E-state index contributed by atoms with van der Waals surface area (Å²) in [4.78, 5) is 12.7. The Kier molecular flexibility index (Phi) is 4.46. The molecule has 2 aromatic heterocycles. The van der Waals surface area contributed by atoms with Crippen molar-refractivity contribution in [3.8, 4) is 5.95 Å². The van der Waals surface area contributed by atoms with Gasteiger partial charge >= 0.3 is 0 Å². The van der Waals surface area contributed by atoms with Crippen molar-refractivity contribution in [3.05, 3.63) is 18.5 Å². The van der Waals surface area contributed by atoms with E-state index in [1.807, 2.05) is 0 Å². The second-order valence-corrected chi connectivity index (χ2v) is 4.70. The van der Waals surface area contributed by atoms with Gasteiger partial charge in [0, 0.05) is 18.4 Å². The molecule has 108 valence electrons. The number of nitrogens with one attached hydrogen (secondary N) is 2. The van der Waals surface area contributed by atoms with E-state index >= 15 is 0 Å². The van der Waals surface area contributed by atoms with Crippen LogP contribution in [0.5, 0.6) is 0 Å². The number of rotatable bonds is 6. The summed E-state index contributed by atoms with van der Waals surface area (Å²) >= 11 is 0. The molecule has 0 saturated carbocycles. The summed E-state index contributed by atoms with van der Waals surface area (Å²) in [7, 11) is 0. The van der Waals surface area contributed by atoms with Gasteiger partial charge in [0.15, 0.2) is 0 Å². The molecule has 2 unspecified atom stereocenters. The first kappa shape index (κ1) is 14.2. The topological polar surface area (TPSA) is 107 Å². The van der Waals surface area contributed by atoms with Gasteiger partial charge in [-0.15, -0.1) is 0 Å². The van der Waals surface area contributed by atoms with Crippen LogP contribution < -0.4 is 16.6 Å². The summed E-state index contributed by atoms with van der Waals surface area (Å²) in [6, 6.07) is 2.05. The third-order valence-corrected chi connectivity index (χ3v) is 3.32. The molecule has 2 rings (SSSR count). The van der Waals surface area contributed by atoms with Crippen LogP contribution in [0.15, 0.2) is 18.5 Å². The van der Waals surface area contributed by atoms with Crippen LogP contribution in [0.4, 0.5) is 11.9 Å². The zero-order valence-corrected chi connectivity index (χ0v) is 11.9. The van der Waals surface area contributed by atoms with E-state index in [2.05, 4.69) is 51.6 Å². The van der Waals surface area contributed by atoms with Gasteiger partial charge in [0.2, 0.25) is 11.9 Å². The maximum atomic E-state index is 5.40. The molecule has 0 radical (unpaired) electrons. The van der Waals surface area contributed by atoms with E-state index in [1.165, 1.54) is 0 Å². The molecule has 8 nitrogen and oxygen atoms in total. The highest BCUT2D eigenvalue weighted by atomic mass is 15.4. The number of nitrogens with two attached hydrogens (primary N) is 1. The zero-order valence-electron chi connectivity index (χ0n) is 11.9. The number of nitrogen functional groups attached to an aromatic ring is 1. The fourth-order valence-corrected chi connectivity index (χ4v) is 1.68. The van der Waals surface area contributed by atoms with Crippen LogP contribution in [0.25, 0.3) is 5.95 Å². The quantitative estimate of drug-likeness (QED) is 0.537. The third-order valence-electron chi connectivity index (χ3n) is 3.32. The van der Waals surface area contributed by atoms with Crippen LogP contribution in [0, 0.1) is 5.92 Å². The molecular formula is C12H20N8. The minimum Gasteiger partial charge on any atom is -0.351 e. The fourth-order valence-electron chi connectivity index (χ4n) is 1.68. The van der Waals surface area contributed by atoms with Crippen molar-refractivity contribution in [2.75, 3.05) is 10.7 Å². The lowest BCUT2D eigenvalue weighted by Crippen LogP contribution is -2.25. The highest BCUT2D eigenvalue weighted by Crippen LogP contribution is 2.14. The van der Waals surface area contributed by atoms with E-state index in [0.29, 0.717) is 23.8 Å². The predicted molar refractivity (Wildman–Crippen MR) is 77.3 cm³/mol. The van der Waals surface area contributed by atoms with Gasteiger partial charge < -0.3 is 5.32 Å². The fraction of sp³-hybridized carbons (Fsp3) is 0.500. The van der Waals surface area contributed by atoms with Crippen molar-refractivity contribution in [1.29, 1.82) is 0 Å². The Morgan fingerprint density at radius 1 is 1.25 bits per heavy atom. The highest BCUT2D eigenvalue weighted by Gasteiger charge is 2.13. The van der Waals surface area contributed by atoms with Gasteiger partial charge in [-0.1, -0.05) is 20.3 Å². The Bertz CT molecular complexity index is 538. The maximum absolute atomic E-state index is 5.40. The van der Waals surface area contributed by atoms with Crippen molar-refractivity contribution in [2.24, 2.45) is 11.8 Å². The molecule has 0 fully saturated rings. The largest absolute Gasteiger partial charge is 0.351 e. The normalized spacial score (nSPS) is 13.8. The van der Waals surface area contributed by atoms with Crippen molar-refractivity contribution in [2.45, 2.75) is 33.2 Å². The molecule has 0 bridgehead atoms. The molecule has 0 spiro atoms. The van der Waals surface area contributed by atoms with Crippen LogP contribution in [0.2, 0.25) is 0 Å². The lowest BCUT2D eigenvalue weighted by molar-refractivity contribution is 0.492. The predicted octanol–water partition coefficient (Wildman–Crippen LogP) is 1.19. The van der Waals surface area contributed by atoms with Crippen molar-refractivity contribution < 1.29 is 0 Å². The van der Waals surface area contributed by atoms with E-state index in [9.17, 15) is 0 Å². The summed E-state index contributed by atoms with van der Waals surface area (Å²) in [5.41, 5.74) is 2.44. The van der Waals surface area contributed by atoms with Gasteiger partial charge in [-0.3, -0.25) is 5.43 Å².